The first-order valence-corrected chi connectivity index (χ1v) is 5.98. The number of hydrogen-bond donors (Lipinski definition) is 0. The monoisotopic (exact) mass is 234 g/mol. The van der Waals surface area contributed by atoms with Gasteiger partial charge in [-0.2, -0.15) is 0 Å². The van der Waals surface area contributed by atoms with Gasteiger partial charge in [0.2, 0.25) is 0 Å². The molecule has 1 aromatic heterocycles. The van der Waals surface area contributed by atoms with Crippen LogP contribution in [0.4, 0.5) is 0 Å². The van der Waals surface area contributed by atoms with Crippen LogP contribution in [0.25, 0.3) is 0 Å². The Morgan fingerprint density at radius 1 is 1.53 bits per heavy atom. The normalized spacial score (nSPS) is 17.9. The molecule has 0 amide bonds. The van der Waals surface area contributed by atoms with E-state index >= 15 is 0 Å². The average molecular weight is 234 g/mol. The molecule has 0 unspecified atom stereocenters. The first-order valence-electron chi connectivity index (χ1n) is 5.98. The summed E-state index contributed by atoms with van der Waals surface area (Å²) in [7, 11) is 1.46. The maximum atomic E-state index is 11.4. The predicted octanol–water partition coefficient (Wildman–Crippen LogP) is 1.47. The Morgan fingerprint density at radius 3 is 2.88 bits per heavy atom. The van der Waals surface area contributed by atoms with Gasteiger partial charge in [0.15, 0.2) is 0 Å². The van der Waals surface area contributed by atoms with Gasteiger partial charge in [-0.1, -0.05) is 6.07 Å². The Kier molecular flexibility index (Phi) is 4.09. The van der Waals surface area contributed by atoms with Crippen LogP contribution in [0.5, 0.6) is 0 Å². The van der Waals surface area contributed by atoms with Gasteiger partial charge in [-0.05, 0) is 37.6 Å². The lowest BCUT2D eigenvalue weighted by atomic mass is 9.97. The smallest absolute Gasteiger partial charge is 0.308 e. The molecule has 1 aliphatic heterocycles. The number of pyridine rings is 1. The van der Waals surface area contributed by atoms with Gasteiger partial charge in [0.05, 0.1) is 13.0 Å². The van der Waals surface area contributed by atoms with E-state index in [9.17, 15) is 4.79 Å². The van der Waals surface area contributed by atoms with Crippen LogP contribution in [0.15, 0.2) is 24.5 Å². The summed E-state index contributed by atoms with van der Waals surface area (Å²) in [5.74, 6) is 0.0242. The number of likely N-dealkylation sites (tertiary alicyclic amines) is 1. The molecular weight excluding hydrogens is 216 g/mol. The number of piperidine rings is 1. The minimum absolute atomic E-state index is 0.0639. The summed E-state index contributed by atoms with van der Waals surface area (Å²) in [5.41, 5.74) is 1.23. The van der Waals surface area contributed by atoms with Gasteiger partial charge in [-0.3, -0.25) is 14.7 Å². The number of carbonyl (C=O) groups excluding carboxylic acids is 1. The van der Waals surface area contributed by atoms with Crippen LogP contribution >= 0.6 is 0 Å². The van der Waals surface area contributed by atoms with E-state index in [0.717, 1.165) is 32.5 Å². The largest absolute Gasteiger partial charge is 0.469 e. The Hall–Kier alpha value is -1.42. The first-order chi connectivity index (χ1) is 8.29. The number of hydrogen-bond acceptors (Lipinski definition) is 4. The van der Waals surface area contributed by atoms with Crippen LogP contribution in [0, 0.1) is 5.92 Å². The van der Waals surface area contributed by atoms with Crippen molar-refractivity contribution in [3.63, 3.8) is 0 Å². The number of esters is 1. The molecule has 0 aromatic carbocycles. The molecule has 2 heterocycles. The summed E-state index contributed by atoms with van der Waals surface area (Å²) < 4.78 is 4.78. The van der Waals surface area contributed by atoms with Crippen LogP contribution in [-0.2, 0) is 16.1 Å². The van der Waals surface area contributed by atoms with E-state index in [1.807, 2.05) is 12.3 Å². The van der Waals surface area contributed by atoms with Crippen LogP contribution in [0.1, 0.15) is 18.4 Å². The molecule has 1 fully saturated rings. The zero-order valence-electron chi connectivity index (χ0n) is 10.1. The minimum atomic E-state index is -0.0639. The lowest BCUT2D eigenvalue weighted by molar-refractivity contribution is -0.147. The van der Waals surface area contributed by atoms with E-state index in [1.54, 1.807) is 6.20 Å². The van der Waals surface area contributed by atoms with Gasteiger partial charge in [0.1, 0.15) is 0 Å². The van der Waals surface area contributed by atoms with E-state index in [-0.39, 0.29) is 11.9 Å². The summed E-state index contributed by atoms with van der Waals surface area (Å²) in [6.07, 6.45) is 5.47. The minimum Gasteiger partial charge on any atom is -0.469 e. The fourth-order valence-electron chi connectivity index (χ4n) is 2.24. The van der Waals surface area contributed by atoms with E-state index in [0.29, 0.717) is 0 Å². The van der Waals surface area contributed by atoms with Gasteiger partial charge in [0, 0.05) is 18.9 Å². The second-order valence-electron chi connectivity index (χ2n) is 4.43. The maximum Gasteiger partial charge on any atom is 0.308 e. The molecule has 0 saturated carbocycles. The van der Waals surface area contributed by atoms with Crippen molar-refractivity contribution in [1.82, 2.24) is 9.88 Å². The topological polar surface area (TPSA) is 42.4 Å². The summed E-state index contributed by atoms with van der Waals surface area (Å²) >= 11 is 0. The van der Waals surface area contributed by atoms with Gasteiger partial charge in [-0.15, -0.1) is 0 Å². The molecule has 92 valence electrons. The fourth-order valence-corrected chi connectivity index (χ4v) is 2.24. The molecule has 4 heteroatoms. The number of methoxy groups -OCH3 is 1. The molecule has 0 atom stereocenters. The molecule has 0 spiro atoms. The summed E-state index contributed by atoms with van der Waals surface area (Å²) in [5, 5.41) is 0. The molecule has 1 aromatic rings. The standard InChI is InChI=1S/C13H18N2O2/c1-17-13(16)12-4-7-15(8-5-12)10-11-3-2-6-14-9-11/h2-3,6,9,12H,4-5,7-8,10H2,1H3. The quantitative estimate of drug-likeness (QED) is 0.743. The van der Waals surface area contributed by atoms with Crippen molar-refractivity contribution >= 4 is 5.97 Å². The van der Waals surface area contributed by atoms with Crippen LogP contribution in [0.2, 0.25) is 0 Å². The Balaban J connectivity index is 1.82. The molecule has 17 heavy (non-hydrogen) atoms. The van der Waals surface area contributed by atoms with Crippen molar-refractivity contribution in [2.45, 2.75) is 19.4 Å². The van der Waals surface area contributed by atoms with Crippen LogP contribution < -0.4 is 0 Å². The van der Waals surface area contributed by atoms with Crippen molar-refractivity contribution in [3.05, 3.63) is 30.1 Å². The molecule has 1 aliphatic rings. The lowest BCUT2D eigenvalue weighted by Crippen LogP contribution is -2.36. The summed E-state index contributed by atoms with van der Waals surface area (Å²) in [4.78, 5) is 17.8. The zero-order valence-corrected chi connectivity index (χ0v) is 10.1. The molecule has 0 radical (unpaired) electrons. The Morgan fingerprint density at radius 2 is 2.29 bits per heavy atom. The van der Waals surface area contributed by atoms with E-state index in [2.05, 4.69) is 16.0 Å². The number of rotatable bonds is 3. The third-order valence-corrected chi connectivity index (χ3v) is 3.25. The molecular formula is C13H18N2O2. The zero-order chi connectivity index (χ0) is 12.1. The van der Waals surface area contributed by atoms with Crippen molar-refractivity contribution in [1.29, 1.82) is 0 Å². The number of ether oxygens (including phenoxy) is 1. The highest BCUT2D eigenvalue weighted by atomic mass is 16.5. The molecule has 1 saturated heterocycles. The first kappa shape index (κ1) is 12.0. The summed E-state index contributed by atoms with van der Waals surface area (Å²) in [6.45, 7) is 2.82. The van der Waals surface area contributed by atoms with Gasteiger partial charge < -0.3 is 4.74 Å². The molecule has 2 rings (SSSR count). The third kappa shape index (κ3) is 3.27. The SMILES string of the molecule is COC(=O)C1CCN(Cc2cccnc2)CC1. The van der Waals surface area contributed by atoms with E-state index in [4.69, 9.17) is 4.74 Å². The number of nitrogens with zero attached hydrogens (tertiary/aromatic N) is 2. The van der Waals surface area contributed by atoms with Gasteiger partial charge in [0.25, 0.3) is 0 Å². The highest BCUT2D eigenvalue weighted by Crippen LogP contribution is 2.19. The summed E-state index contributed by atoms with van der Waals surface area (Å²) in [6, 6.07) is 4.04. The Labute approximate surface area is 102 Å². The second-order valence-corrected chi connectivity index (χ2v) is 4.43. The highest BCUT2D eigenvalue weighted by Gasteiger charge is 2.25. The number of carbonyl (C=O) groups is 1. The third-order valence-electron chi connectivity index (χ3n) is 3.25. The number of aromatic nitrogens is 1. The fraction of sp³-hybridized carbons (Fsp3) is 0.538. The van der Waals surface area contributed by atoms with Gasteiger partial charge in [-0.25, -0.2) is 0 Å². The molecule has 0 N–H and O–H groups in total. The second kappa shape index (κ2) is 5.77. The predicted molar refractivity (Wildman–Crippen MR) is 64.3 cm³/mol. The highest BCUT2D eigenvalue weighted by molar-refractivity contribution is 5.72. The Bertz CT molecular complexity index is 359. The van der Waals surface area contributed by atoms with Crippen LogP contribution in [0.3, 0.4) is 0 Å². The van der Waals surface area contributed by atoms with E-state index in [1.165, 1.54) is 12.7 Å². The van der Waals surface area contributed by atoms with Crippen molar-refractivity contribution < 1.29 is 9.53 Å². The molecule has 0 bridgehead atoms. The van der Waals surface area contributed by atoms with Crippen LogP contribution in [-0.4, -0.2) is 36.1 Å². The lowest BCUT2D eigenvalue weighted by Gasteiger charge is -2.30. The van der Waals surface area contributed by atoms with Gasteiger partial charge >= 0.3 is 5.97 Å². The molecule has 0 aliphatic carbocycles. The van der Waals surface area contributed by atoms with Crippen molar-refractivity contribution in [3.8, 4) is 0 Å². The molecule has 4 nitrogen and oxygen atoms in total. The average Bonchev–Trinajstić information content (AvgIpc) is 2.40. The maximum absolute atomic E-state index is 11.4. The van der Waals surface area contributed by atoms with Crippen molar-refractivity contribution in [2.24, 2.45) is 5.92 Å². The van der Waals surface area contributed by atoms with Crippen molar-refractivity contribution in [2.75, 3.05) is 20.2 Å². The van der Waals surface area contributed by atoms with E-state index < -0.39 is 0 Å².